The fourth-order valence-electron chi connectivity index (χ4n) is 9.84. The van der Waals surface area contributed by atoms with Gasteiger partial charge in [0.25, 0.3) is 17.4 Å². The summed E-state index contributed by atoms with van der Waals surface area (Å²) in [6, 6.07) is 7.80. The van der Waals surface area contributed by atoms with Gasteiger partial charge in [-0.05, 0) is 61.4 Å². The van der Waals surface area contributed by atoms with Crippen molar-refractivity contribution in [2.24, 2.45) is 0 Å². The largest absolute Gasteiger partial charge is 0.470 e. The molecule has 424 valence electrons. The maximum Gasteiger partial charge on any atom is 0.470 e. The SMILES string of the molecule is CC[C@@]1(O)C(=O)OCc2c1cc1n(c2=O)Cc2c-1nc1cc(F)c(C)c3c1c2[C@@H](NC(=O)[C@H](C)OCNC(=O)CNC(=O)[C@H](Cc1ccccc1)NC(=O)CNC(=O)CNC(=O)[C@H](CNCOP(=O)(O)O)N1C(=O)C=CC1=O)CC3. The fourth-order valence-corrected chi connectivity index (χ4v) is 10.1. The number of cyclic esters (lactones) is 1. The number of nitrogens with zero attached hydrogens (tertiary/aromatic N) is 3. The van der Waals surface area contributed by atoms with Crippen molar-refractivity contribution in [3.05, 3.63) is 110 Å². The van der Waals surface area contributed by atoms with Crippen molar-refractivity contribution < 1.29 is 81.0 Å². The molecular weight excluding hydrogens is 1070 g/mol. The summed E-state index contributed by atoms with van der Waals surface area (Å²) in [5.74, 6) is -8.00. The van der Waals surface area contributed by atoms with Gasteiger partial charge >= 0.3 is 13.8 Å². The maximum atomic E-state index is 15.4. The number of hydrogen-bond donors (Lipinski definition) is 10. The smallest absolute Gasteiger partial charge is 0.458 e. The van der Waals surface area contributed by atoms with E-state index in [4.69, 9.17) is 24.2 Å². The highest BCUT2D eigenvalue weighted by Crippen LogP contribution is 2.46. The summed E-state index contributed by atoms with van der Waals surface area (Å²) < 4.78 is 43.0. The van der Waals surface area contributed by atoms with Crippen LogP contribution in [0, 0.1) is 12.7 Å². The number of fused-ring (bicyclic) bond motifs is 5. The number of benzene rings is 2. The van der Waals surface area contributed by atoms with Crippen molar-refractivity contribution in [3.63, 3.8) is 0 Å². The molecule has 8 rings (SSSR count). The van der Waals surface area contributed by atoms with Crippen molar-refractivity contribution in [3.8, 4) is 11.4 Å². The van der Waals surface area contributed by atoms with Gasteiger partial charge in [-0.3, -0.25) is 57.9 Å². The van der Waals surface area contributed by atoms with Crippen molar-refractivity contribution >= 4 is 72.0 Å². The zero-order chi connectivity index (χ0) is 57.8. The number of phosphoric acid groups is 1. The number of ether oxygens (including phenoxy) is 2. The summed E-state index contributed by atoms with van der Waals surface area (Å²) in [4.78, 5) is 154. The van der Waals surface area contributed by atoms with E-state index in [1.807, 2.05) is 0 Å². The van der Waals surface area contributed by atoms with Gasteiger partial charge in [-0.1, -0.05) is 37.3 Å². The number of carbonyl (C=O) groups is 9. The van der Waals surface area contributed by atoms with Gasteiger partial charge in [-0.15, -0.1) is 0 Å². The molecule has 5 atom stereocenters. The summed E-state index contributed by atoms with van der Waals surface area (Å²) in [7, 11) is -4.90. The lowest BCUT2D eigenvalue weighted by molar-refractivity contribution is -0.172. The summed E-state index contributed by atoms with van der Waals surface area (Å²) in [6.07, 6.45) is 1.22. The average Bonchev–Trinajstić information content (AvgIpc) is 4.00. The molecule has 0 bridgehead atoms. The Hall–Kier alpha value is -8.11. The van der Waals surface area contributed by atoms with E-state index < -0.39 is 142 Å². The van der Waals surface area contributed by atoms with Crippen LogP contribution in [0.5, 0.6) is 0 Å². The van der Waals surface area contributed by atoms with Gasteiger partial charge in [0.05, 0.1) is 54.7 Å². The first-order valence-electron chi connectivity index (χ1n) is 25.1. The lowest BCUT2D eigenvalue weighted by Crippen LogP contribution is -2.55. The fraction of sp³-hybridized carbons (Fsp3) is 0.392. The van der Waals surface area contributed by atoms with Gasteiger partial charge in [0, 0.05) is 47.7 Å². The Morgan fingerprint density at radius 3 is 2.25 bits per heavy atom. The zero-order valence-electron chi connectivity index (χ0n) is 43.2. The molecule has 1 aliphatic carbocycles. The first-order valence-corrected chi connectivity index (χ1v) is 26.6. The van der Waals surface area contributed by atoms with E-state index in [9.17, 15) is 57.6 Å². The summed E-state index contributed by atoms with van der Waals surface area (Å²) in [5.41, 5.74) is 1.51. The van der Waals surface area contributed by atoms with Crippen molar-refractivity contribution in [1.29, 1.82) is 0 Å². The molecule has 3 aliphatic heterocycles. The maximum absolute atomic E-state index is 15.4. The van der Waals surface area contributed by atoms with Crippen LogP contribution in [0.1, 0.15) is 71.7 Å². The minimum absolute atomic E-state index is 0.0227. The van der Waals surface area contributed by atoms with Crippen LogP contribution < -0.4 is 42.8 Å². The molecule has 80 heavy (non-hydrogen) atoms. The van der Waals surface area contributed by atoms with Crippen LogP contribution in [0.2, 0.25) is 0 Å². The minimum atomic E-state index is -4.90. The molecule has 5 heterocycles. The standard InChI is InChI=1S/C51H56FN10O17P/c1-4-51(73)31-15-36-45-29(21-61(36)49(71)30(31)22-77-50(51)72)44-33(11-10-28-25(2)32(52)16-34(59-45)43(28)44)60-46(68)26(3)78-24-57-39(64)19-55-47(69)35(14-27-8-6-5-7-9-27)58-40(65)20-54-38(63)18-56-48(70)37(17-53-23-79-80(74,75)76)62-41(66)12-13-42(62)67/h5-9,12-13,15-16,26,33,35,37,53,73H,4,10-11,14,17-24H2,1-3H3,(H,54,63)(H,55,69)(H,56,70)(H,57,64)(H,58,65)(H,60,68)(H2,74,75,76)/t26-,33-,35-,37-,51-/m0/s1. The van der Waals surface area contributed by atoms with Crippen LogP contribution >= 0.6 is 7.82 Å². The second-order valence-corrected chi connectivity index (χ2v) is 20.3. The van der Waals surface area contributed by atoms with Gasteiger partial charge in [-0.25, -0.2) is 18.7 Å². The van der Waals surface area contributed by atoms with Gasteiger partial charge in [0.1, 0.15) is 44.1 Å². The second-order valence-electron chi connectivity index (χ2n) is 19.1. The minimum Gasteiger partial charge on any atom is -0.458 e. The van der Waals surface area contributed by atoms with Crippen LogP contribution in [0.15, 0.2) is 59.4 Å². The molecule has 29 heteroatoms. The first kappa shape index (κ1) is 58.0. The number of imide groups is 1. The van der Waals surface area contributed by atoms with E-state index >= 15 is 4.39 Å². The number of hydrogen-bond acceptors (Lipinski definition) is 17. The number of rotatable bonds is 23. The molecule has 0 saturated carbocycles. The molecule has 27 nitrogen and oxygen atoms in total. The van der Waals surface area contributed by atoms with Crippen molar-refractivity contribution in [2.75, 3.05) is 39.6 Å². The van der Waals surface area contributed by atoms with Crippen molar-refractivity contribution in [2.45, 2.75) is 89.4 Å². The zero-order valence-corrected chi connectivity index (χ0v) is 44.1. The average molecular weight is 1130 g/mol. The van der Waals surface area contributed by atoms with Gasteiger partial charge < -0.3 is 60.8 Å². The molecule has 2 aromatic heterocycles. The van der Waals surface area contributed by atoms with Crippen LogP contribution in [0.3, 0.4) is 0 Å². The topological polar surface area (TPSA) is 381 Å². The third-order valence-electron chi connectivity index (χ3n) is 14.0. The summed E-state index contributed by atoms with van der Waals surface area (Å²) in [6.45, 7) is 0.549. The molecule has 10 N–H and O–H groups in total. The lowest BCUT2D eigenvalue weighted by atomic mass is 9.81. The number of aromatic nitrogens is 2. The highest BCUT2D eigenvalue weighted by Gasteiger charge is 2.46. The predicted octanol–water partition coefficient (Wildman–Crippen LogP) is -1.86. The van der Waals surface area contributed by atoms with E-state index in [1.54, 1.807) is 50.2 Å². The molecule has 0 radical (unpaired) electrons. The number of halogens is 1. The third kappa shape index (κ3) is 12.5. The number of carbonyl (C=O) groups excluding carboxylic acids is 9. The number of esters is 1. The molecule has 2 aromatic carbocycles. The summed E-state index contributed by atoms with van der Waals surface area (Å²) >= 11 is 0. The monoisotopic (exact) mass is 1130 g/mol. The van der Waals surface area contributed by atoms with Crippen LogP contribution in [-0.2, 0) is 93.3 Å². The number of aryl methyl sites for hydroxylation is 1. The predicted molar refractivity (Wildman–Crippen MR) is 274 cm³/mol. The molecule has 8 amide bonds. The number of phosphoric ester groups is 1. The first-order chi connectivity index (χ1) is 38.0. The van der Waals surface area contributed by atoms with Crippen molar-refractivity contribution in [1.82, 2.24) is 51.7 Å². The summed E-state index contributed by atoms with van der Waals surface area (Å²) in [5, 5.41) is 29.3. The lowest BCUT2D eigenvalue weighted by Gasteiger charge is -2.31. The van der Waals surface area contributed by atoms with E-state index in [0.717, 1.165) is 12.2 Å². The Balaban J connectivity index is 0.842. The van der Waals surface area contributed by atoms with Crippen LogP contribution in [0.25, 0.3) is 22.3 Å². The molecule has 4 aromatic rings. The van der Waals surface area contributed by atoms with Gasteiger partial charge in [-0.2, -0.15) is 0 Å². The Bertz CT molecular complexity index is 3350. The number of amides is 8. The molecule has 0 fully saturated rings. The Morgan fingerprint density at radius 2 is 1.56 bits per heavy atom. The normalized spacial score (nSPS) is 18.1. The Morgan fingerprint density at radius 1 is 0.887 bits per heavy atom. The van der Waals surface area contributed by atoms with E-state index in [2.05, 4.69) is 41.7 Å². The quantitative estimate of drug-likeness (QED) is 0.0113. The van der Waals surface area contributed by atoms with Crippen LogP contribution in [-0.4, -0.2) is 140 Å². The Kier molecular flexibility index (Phi) is 17.5. The highest BCUT2D eigenvalue weighted by molar-refractivity contribution is 7.46. The van der Waals surface area contributed by atoms with E-state index in [-0.39, 0.29) is 42.6 Å². The van der Waals surface area contributed by atoms with E-state index in [0.29, 0.717) is 62.3 Å². The van der Waals surface area contributed by atoms with Crippen LogP contribution in [0.4, 0.5) is 4.39 Å². The van der Waals surface area contributed by atoms with Gasteiger partial charge in [0.15, 0.2) is 5.60 Å². The molecule has 0 spiro atoms. The molecule has 0 unspecified atom stereocenters. The molecule has 0 saturated heterocycles. The molecular formula is C51H56FN10O17P. The number of aliphatic hydroxyl groups is 1. The number of pyridine rings is 2. The van der Waals surface area contributed by atoms with Gasteiger partial charge in [0.2, 0.25) is 35.4 Å². The van der Waals surface area contributed by atoms with E-state index in [1.165, 1.54) is 17.6 Å². The second kappa shape index (κ2) is 24.1. The molecule has 4 aliphatic rings. The highest BCUT2D eigenvalue weighted by atomic mass is 31.2. The number of nitrogens with one attached hydrogen (secondary N) is 7. The Labute approximate surface area is 453 Å². The third-order valence-corrected chi connectivity index (χ3v) is 14.5.